The first-order valence-corrected chi connectivity index (χ1v) is 6.67. The number of anilines is 3. The number of nitrogens with two attached hydrogens (primary N) is 1. The molecule has 0 fully saturated rings. The van der Waals surface area contributed by atoms with E-state index >= 15 is 0 Å². The summed E-state index contributed by atoms with van der Waals surface area (Å²) < 4.78 is 18.2. The van der Waals surface area contributed by atoms with Gasteiger partial charge in [0.2, 0.25) is 0 Å². The standard InChI is InChI=1S/C15H14ClFN2O2/c1-2-21-15(20)12-7-10(18)8-13(16)14(12)19-11-5-3-4-9(17)6-11/h3-8,19H,2,18H2,1H3. The first kappa shape index (κ1) is 15.1. The van der Waals surface area contributed by atoms with Crippen LogP contribution in [0, 0.1) is 5.82 Å². The Balaban J connectivity index is 2.44. The Kier molecular flexibility index (Phi) is 4.65. The van der Waals surface area contributed by atoms with Gasteiger partial charge in [0, 0.05) is 11.4 Å². The largest absolute Gasteiger partial charge is 0.462 e. The van der Waals surface area contributed by atoms with Crippen molar-refractivity contribution in [3.05, 3.63) is 52.8 Å². The van der Waals surface area contributed by atoms with Crippen LogP contribution < -0.4 is 11.1 Å². The second kappa shape index (κ2) is 6.45. The average Bonchev–Trinajstić information content (AvgIpc) is 2.42. The molecule has 0 heterocycles. The fourth-order valence-electron chi connectivity index (χ4n) is 1.84. The maximum Gasteiger partial charge on any atom is 0.340 e. The highest BCUT2D eigenvalue weighted by molar-refractivity contribution is 6.34. The van der Waals surface area contributed by atoms with E-state index in [1.807, 2.05) is 0 Å². The Morgan fingerprint density at radius 1 is 1.38 bits per heavy atom. The van der Waals surface area contributed by atoms with Crippen molar-refractivity contribution in [1.29, 1.82) is 0 Å². The second-order valence-corrected chi connectivity index (χ2v) is 4.69. The van der Waals surface area contributed by atoms with E-state index < -0.39 is 11.8 Å². The van der Waals surface area contributed by atoms with Crippen molar-refractivity contribution in [2.75, 3.05) is 17.7 Å². The van der Waals surface area contributed by atoms with Gasteiger partial charge >= 0.3 is 5.97 Å². The lowest BCUT2D eigenvalue weighted by molar-refractivity contribution is 0.0527. The third kappa shape index (κ3) is 3.64. The van der Waals surface area contributed by atoms with Crippen LogP contribution in [0.3, 0.4) is 0 Å². The fraction of sp³-hybridized carbons (Fsp3) is 0.133. The van der Waals surface area contributed by atoms with Crippen LogP contribution >= 0.6 is 11.6 Å². The van der Waals surface area contributed by atoms with E-state index in [-0.39, 0.29) is 17.2 Å². The van der Waals surface area contributed by atoms with E-state index in [9.17, 15) is 9.18 Å². The van der Waals surface area contributed by atoms with Crippen molar-refractivity contribution in [1.82, 2.24) is 0 Å². The predicted octanol–water partition coefficient (Wildman–Crippen LogP) is 3.98. The lowest BCUT2D eigenvalue weighted by Crippen LogP contribution is -2.09. The minimum atomic E-state index is -0.550. The number of benzene rings is 2. The third-order valence-corrected chi connectivity index (χ3v) is 3.00. The second-order valence-electron chi connectivity index (χ2n) is 4.28. The molecular formula is C15H14ClFN2O2. The number of hydrogen-bond donors (Lipinski definition) is 2. The fourth-order valence-corrected chi connectivity index (χ4v) is 2.11. The van der Waals surface area contributed by atoms with Crippen LogP contribution in [-0.2, 0) is 4.74 Å². The van der Waals surface area contributed by atoms with Crippen molar-refractivity contribution in [3.63, 3.8) is 0 Å². The van der Waals surface area contributed by atoms with Crippen LogP contribution in [0.4, 0.5) is 21.5 Å². The van der Waals surface area contributed by atoms with Crippen LogP contribution in [0.2, 0.25) is 5.02 Å². The van der Waals surface area contributed by atoms with Gasteiger partial charge in [-0.25, -0.2) is 9.18 Å². The van der Waals surface area contributed by atoms with E-state index in [0.29, 0.717) is 17.1 Å². The topological polar surface area (TPSA) is 64.3 Å². The number of halogens is 2. The van der Waals surface area contributed by atoms with Gasteiger partial charge in [0.05, 0.1) is 22.9 Å². The molecule has 0 amide bonds. The number of nitrogens with one attached hydrogen (secondary N) is 1. The summed E-state index contributed by atoms with van der Waals surface area (Å²) in [6, 6.07) is 8.79. The summed E-state index contributed by atoms with van der Waals surface area (Å²) in [5.41, 5.74) is 7.03. The van der Waals surface area contributed by atoms with Crippen LogP contribution in [0.15, 0.2) is 36.4 Å². The molecule has 0 aliphatic rings. The molecule has 3 N–H and O–H groups in total. The molecule has 0 saturated heterocycles. The zero-order valence-electron chi connectivity index (χ0n) is 11.3. The molecule has 6 heteroatoms. The number of hydrogen-bond acceptors (Lipinski definition) is 4. The van der Waals surface area contributed by atoms with Crippen molar-refractivity contribution < 1.29 is 13.9 Å². The van der Waals surface area contributed by atoms with E-state index in [4.69, 9.17) is 22.1 Å². The monoisotopic (exact) mass is 308 g/mol. The Labute approximate surface area is 126 Å². The van der Waals surface area contributed by atoms with Gasteiger partial charge in [-0.1, -0.05) is 17.7 Å². The van der Waals surface area contributed by atoms with E-state index in [2.05, 4.69) is 5.32 Å². The van der Waals surface area contributed by atoms with Gasteiger partial charge in [-0.15, -0.1) is 0 Å². The van der Waals surface area contributed by atoms with Crippen LogP contribution in [0.1, 0.15) is 17.3 Å². The minimum absolute atomic E-state index is 0.200. The summed E-state index contributed by atoms with van der Waals surface area (Å²) in [6.45, 7) is 1.93. The average molecular weight is 309 g/mol. The normalized spacial score (nSPS) is 10.2. The lowest BCUT2D eigenvalue weighted by atomic mass is 10.1. The quantitative estimate of drug-likeness (QED) is 0.662. The van der Waals surface area contributed by atoms with E-state index in [1.165, 1.54) is 24.3 Å². The number of nitrogen functional groups attached to an aromatic ring is 1. The Bertz CT molecular complexity index is 677. The van der Waals surface area contributed by atoms with Crippen molar-refractivity contribution in [2.45, 2.75) is 6.92 Å². The zero-order valence-corrected chi connectivity index (χ0v) is 12.1. The van der Waals surface area contributed by atoms with Gasteiger partial charge in [-0.2, -0.15) is 0 Å². The molecule has 0 aromatic heterocycles. The minimum Gasteiger partial charge on any atom is -0.462 e. The summed E-state index contributed by atoms with van der Waals surface area (Å²) in [7, 11) is 0. The number of carbonyl (C=O) groups is 1. The molecule has 0 radical (unpaired) electrons. The summed E-state index contributed by atoms with van der Waals surface area (Å²) >= 11 is 6.12. The zero-order chi connectivity index (χ0) is 15.4. The highest BCUT2D eigenvalue weighted by Gasteiger charge is 2.17. The summed E-state index contributed by atoms with van der Waals surface area (Å²) in [5, 5.41) is 3.17. The Hall–Kier alpha value is -2.27. The first-order valence-electron chi connectivity index (χ1n) is 6.30. The third-order valence-electron chi connectivity index (χ3n) is 2.70. The molecule has 2 aromatic rings. The van der Waals surface area contributed by atoms with Gasteiger partial charge in [0.25, 0.3) is 0 Å². The molecule has 4 nitrogen and oxygen atoms in total. The van der Waals surface area contributed by atoms with Gasteiger partial charge in [0.15, 0.2) is 0 Å². The maximum absolute atomic E-state index is 13.2. The molecule has 0 spiro atoms. The molecule has 2 aromatic carbocycles. The molecule has 2 rings (SSSR count). The SMILES string of the molecule is CCOC(=O)c1cc(N)cc(Cl)c1Nc1cccc(F)c1. The van der Waals surface area contributed by atoms with Crippen molar-refractivity contribution >= 4 is 34.6 Å². The molecule has 0 aliphatic carbocycles. The van der Waals surface area contributed by atoms with Crippen LogP contribution in [0.25, 0.3) is 0 Å². The van der Waals surface area contributed by atoms with Crippen molar-refractivity contribution in [2.24, 2.45) is 0 Å². The number of esters is 1. The number of carbonyl (C=O) groups excluding carboxylic acids is 1. The smallest absolute Gasteiger partial charge is 0.340 e. The predicted molar refractivity (Wildman–Crippen MR) is 81.5 cm³/mol. The molecular weight excluding hydrogens is 295 g/mol. The summed E-state index contributed by atoms with van der Waals surface area (Å²) in [6.07, 6.45) is 0. The van der Waals surface area contributed by atoms with Crippen LogP contribution in [0.5, 0.6) is 0 Å². The summed E-state index contributed by atoms with van der Waals surface area (Å²) in [5.74, 6) is -0.949. The van der Waals surface area contributed by atoms with Crippen LogP contribution in [-0.4, -0.2) is 12.6 Å². The van der Waals surface area contributed by atoms with Gasteiger partial charge < -0.3 is 15.8 Å². The molecule has 0 saturated carbocycles. The molecule has 0 atom stereocenters. The Morgan fingerprint density at radius 3 is 2.81 bits per heavy atom. The number of ether oxygens (including phenoxy) is 1. The molecule has 0 aliphatic heterocycles. The molecule has 110 valence electrons. The first-order chi connectivity index (χ1) is 10.0. The Morgan fingerprint density at radius 2 is 2.14 bits per heavy atom. The lowest BCUT2D eigenvalue weighted by Gasteiger charge is -2.14. The van der Waals surface area contributed by atoms with E-state index in [0.717, 1.165) is 0 Å². The highest BCUT2D eigenvalue weighted by atomic mass is 35.5. The molecule has 0 bridgehead atoms. The highest BCUT2D eigenvalue weighted by Crippen LogP contribution is 2.32. The number of rotatable bonds is 4. The van der Waals surface area contributed by atoms with Gasteiger partial charge in [0.1, 0.15) is 5.82 Å². The maximum atomic E-state index is 13.2. The summed E-state index contributed by atoms with van der Waals surface area (Å²) in [4.78, 5) is 12.0. The van der Waals surface area contributed by atoms with E-state index in [1.54, 1.807) is 19.1 Å². The van der Waals surface area contributed by atoms with Gasteiger partial charge in [-0.3, -0.25) is 0 Å². The molecule has 0 unspecified atom stereocenters. The van der Waals surface area contributed by atoms with Crippen molar-refractivity contribution in [3.8, 4) is 0 Å². The molecule has 21 heavy (non-hydrogen) atoms. The van der Waals surface area contributed by atoms with Gasteiger partial charge in [-0.05, 0) is 37.3 Å².